The SMILES string of the molecule is CC1SC=CNC1C=O. The summed E-state index contributed by atoms with van der Waals surface area (Å²) in [6.07, 6.45) is 2.75. The Labute approximate surface area is 58.7 Å². The van der Waals surface area contributed by atoms with E-state index < -0.39 is 0 Å². The summed E-state index contributed by atoms with van der Waals surface area (Å²) in [5, 5.41) is 5.28. The van der Waals surface area contributed by atoms with Gasteiger partial charge in [0.05, 0.1) is 6.04 Å². The molecular formula is C6H9NOS. The van der Waals surface area contributed by atoms with E-state index in [0.29, 0.717) is 5.25 Å². The molecule has 1 rings (SSSR count). The quantitative estimate of drug-likeness (QED) is 0.549. The Hall–Kier alpha value is -0.440. The third kappa shape index (κ3) is 1.48. The molecule has 0 radical (unpaired) electrons. The number of aldehydes is 1. The Morgan fingerprint density at radius 1 is 1.78 bits per heavy atom. The molecule has 2 nitrogen and oxygen atoms in total. The number of rotatable bonds is 1. The fraction of sp³-hybridized carbons (Fsp3) is 0.500. The Morgan fingerprint density at radius 2 is 2.56 bits per heavy atom. The maximum absolute atomic E-state index is 10.3. The van der Waals surface area contributed by atoms with Crippen molar-refractivity contribution in [1.82, 2.24) is 5.32 Å². The Balaban J connectivity index is 2.52. The van der Waals surface area contributed by atoms with Gasteiger partial charge >= 0.3 is 0 Å². The van der Waals surface area contributed by atoms with Gasteiger partial charge in [-0.2, -0.15) is 0 Å². The van der Waals surface area contributed by atoms with Crippen molar-refractivity contribution in [3.8, 4) is 0 Å². The molecule has 0 aromatic carbocycles. The van der Waals surface area contributed by atoms with Gasteiger partial charge in [-0.3, -0.25) is 0 Å². The highest BCUT2D eigenvalue weighted by molar-refractivity contribution is 8.02. The topological polar surface area (TPSA) is 29.1 Å². The zero-order valence-electron chi connectivity index (χ0n) is 5.20. The average molecular weight is 143 g/mol. The van der Waals surface area contributed by atoms with E-state index in [0.717, 1.165) is 6.29 Å². The van der Waals surface area contributed by atoms with E-state index in [4.69, 9.17) is 0 Å². The minimum Gasteiger partial charge on any atom is -0.380 e. The van der Waals surface area contributed by atoms with Crippen molar-refractivity contribution in [2.45, 2.75) is 18.2 Å². The van der Waals surface area contributed by atoms with Crippen LogP contribution in [0.4, 0.5) is 0 Å². The summed E-state index contributed by atoms with van der Waals surface area (Å²) in [4.78, 5) is 10.3. The molecule has 50 valence electrons. The molecular weight excluding hydrogens is 134 g/mol. The van der Waals surface area contributed by atoms with E-state index >= 15 is 0 Å². The molecule has 0 aromatic heterocycles. The van der Waals surface area contributed by atoms with E-state index in [1.54, 1.807) is 11.8 Å². The van der Waals surface area contributed by atoms with Crippen molar-refractivity contribution in [3.63, 3.8) is 0 Å². The van der Waals surface area contributed by atoms with Crippen molar-refractivity contribution in [2.75, 3.05) is 0 Å². The predicted molar refractivity (Wildman–Crippen MR) is 39.2 cm³/mol. The van der Waals surface area contributed by atoms with Gasteiger partial charge in [0.15, 0.2) is 0 Å². The second kappa shape index (κ2) is 2.92. The van der Waals surface area contributed by atoms with Crippen molar-refractivity contribution in [3.05, 3.63) is 11.6 Å². The first-order chi connectivity index (χ1) is 4.34. The molecule has 1 aliphatic heterocycles. The minimum atomic E-state index is -0.000000000000000222. The molecule has 0 bridgehead atoms. The first-order valence-corrected chi connectivity index (χ1v) is 3.80. The lowest BCUT2D eigenvalue weighted by atomic mass is 10.2. The maximum Gasteiger partial charge on any atom is 0.143 e. The van der Waals surface area contributed by atoms with E-state index in [1.807, 2.05) is 18.5 Å². The monoisotopic (exact) mass is 143 g/mol. The molecule has 0 amide bonds. The summed E-state index contributed by atoms with van der Waals surface area (Å²) in [5.74, 6) is 0. The Kier molecular flexibility index (Phi) is 2.16. The molecule has 0 saturated heterocycles. The van der Waals surface area contributed by atoms with Crippen molar-refractivity contribution in [1.29, 1.82) is 0 Å². The van der Waals surface area contributed by atoms with Crippen LogP contribution in [0.15, 0.2) is 11.6 Å². The third-order valence-corrected chi connectivity index (χ3v) is 2.32. The summed E-state index contributed by atoms with van der Waals surface area (Å²) in [5.41, 5.74) is 0. The van der Waals surface area contributed by atoms with Crippen LogP contribution < -0.4 is 5.32 Å². The molecule has 9 heavy (non-hydrogen) atoms. The first kappa shape index (κ1) is 6.68. The molecule has 0 aromatic rings. The predicted octanol–water partition coefficient (Wildman–Crippen LogP) is 0.750. The molecule has 1 heterocycles. The van der Waals surface area contributed by atoms with Crippen LogP contribution in [0, 0.1) is 0 Å². The molecule has 0 saturated carbocycles. The van der Waals surface area contributed by atoms with Gasteiger partial charge in [0.2, 0.25) is 0 Å². The van der Waals surface area contributed by atoms with Gasteiger partial charge in [-0.25, -0.2) is 0 Å². The lowest BCUT2D eigenvalue weighted by Gasteiger charge is -2.20. The highest BCUT2D eigenvalue weighted by Crippen LogP contribution is 2.17. The second-order valence-corrected chi connectivity index (χ2v) is 3.26. The smallest absolute Gasteiger partial charge is 0.143 e. The molecule has 2 unspecified atom stereocenters. The van der Waals surface area contributed by atoms with Crippen molar-refractivity contribution < 1.29 is 4.79 Å². The van der Waals surface area contributed by atoms with Crippen molar-refractivity contribution in [2.24, 2.45) is 0 Å². The van der Waals surface area contributed by atoms with Crippen LogP contribution in [0.3, 0.4) is 0 Å². The Bertz CT molecular complexity index is 135. The van der Waals surface area contributed by atoms with Crippen LogP contribution >= 0.6 is 11.8 Å². The maximum atomic E-state index is 10.3. The van der Waals surface area contributed by atoms with E-state index in [1.165, 1.54) is 0 Å². The number of thioether (sulfide) groups is 1. The first-order valence-electron chi connectivity index (χ1n) is 2.86. The van der Waals surface area contributed by atoms with Gasteiger partial charge in [-0.05, 0) is 5.41 Å². The molecule has 1 N–H and O–H groups in total. The minimum absolute atomic E-state index is 0.000000000000000222. The van der Waals surface area contributed by atoms with Gasteiger partial charge in [-0.15, -0.1) is 11.8 Å². The van der Waals surface area contributed by atoms with Gasteiger partial charge in [0.25, 0.3) is 0 Å². The van der Waals surface area contributed by atoms with Gasteiger partial charge in [-0.1, -0.05) is 6.92 Å². The molecule has 3 heteroatoms. The van der Waals surface area contributed by atoms with Crippen LogP contribution in [-0.2, 0) is 4.79 Å². The van der Waals surface area contributed by atoms with Crippen LogP contribution in [0.2, 0.25) is 0 Å². The normalized spacial score (nSPS) is 33.4. The van der Waals surface area contributed by atoms with Crippen LogP contribution in [0.5, 0.6) is 0 Å². The van der Waals surface area contributed by atoms with Crippen LogP contribution in [0.1, 0.15) is 6.92 Å². The molecule has 0 spiro atoms. The van der Waals surface area contributed by atoms with Gasteiger partial charge < -0.3 is 10.1 Å². The number of carbonyl (C=O) groups excluding carboxylic acids is 1. The standard InChI is InChI=1S/C6H9NOS/c1-5-6(4-8)7-2-3-9-5/h2-7H,1H3. The average Bonchev–Trinajstić information content (AvgIpc) is 1.89. The summed E-state index contributed by atoms with van der Waals surface area (Å²) >= 11 is 1.68. The largest absolute Gasteiger partial charge is 0.380 e. The zero-order chi connectivity index (χ0) is 6.69. The third-order valence-electron chi connectivity index (χ3n) is 1.30. The lowest BCUT2D eigenvalue weighted by molar-refractivity contribution is -0.109. The van der Waals surface area contributed by atoms with Gasteiger partial charge in [0.1, 0.15) is 6.29 Å². The number of hydrogen-bond acceptors (Lipinski definition) is 3. The number of carbonyl (C=O) groups is 1. The lowest BCUT2D eigenvalue weighted by Crippen LogP contribution is -2.36. The number of hydrogen-bond donors (Lipinski definition) is 1. The molecule has 0 fully saturated rings. The van der Waals surface area contributed by atoms with Crippen LogP contribution in [0.25, 0.3) is 0 Å². The zero-order valence-corrected chi connectivity index (χ0v) is 6.02. The molecule has 2 atom stereocenters. The second-order valence-electron chi connectivity index (χ2n) is 1.97. The summed E-state index contributed by atoms with van der Waals surface area (Å²) < 4.78 is 0. The molecule has 1 aliphatic rings. The van der Waals surface area contributed by atoms with Crippen molar-refractivity contribution >= 4 is 18.0 Å². The van der Waals surface area contributed by atoms with Crippen LogP contribution in [-0.4, -0.2) is 17.6 Å². The summed E-state index contributed by atoms with van der Waals surface area (Å²) in [7, 11) is 0. The highest BCUT2D eigenvalue weighted by Gasteiger charge is 2.16. The number of nitrogens with one attached hydrogen (secondary N) is 1. The van der Waals surface area contributed by atoms with E-state index in [-0.39, 0.29) is 6.04 Å². The summed E-state index contributed by atoms with van der Waals surface area (Å²) in [6.45, 7) is 2.03. The van der Waals surface area contributed by atoms with Gasteiger partial charge in [0, 0.05) is 11.4 Å². The fourth-order valence-electron chi connectivity index (χ4n) is 0.684. The highest BCUT2D eigenvalue weighted by atomic mass is 32.2. The Morgan fingerprint density at radius 3 is 3.00 bits per heavy atom. The molecule has 0 aliphatic carbocycles. The summed E-state index contributed by atoms with van der Waals surface area (Å²) in [6, 6.07) is -0.000000000000000222. The van der Waals surface area contributed by atoms with E-state index in [9.17, 15) is 4.79 Å². The fourth-order valence-corrected chi connectivity index (χ4v) is 1.40. The van der Waals surface area contributed by atoms with E-state index in [2.05, 4.69) is 5.32 Å².